The summed E-state index contributed by atoms with van der Waals surface area (Å²) in [6.07, 6.45) is 6.31. The SMILES string of the molecule is CCCCC(CC)CN1CCc2cc(C(C)=O)ccc21. The maximum atomic E-state index is 11.5. The van der Waals surface area contributed by atoms with Crippen LogP contribution in [0.1, 0.15) is 62.4 Å². The lowest BCUT2D eigenvalue weighted by atomic mass is 9.98. The van der Waals surface area contributed by atoms with E-state index < -0.39 is 0 Å². The van der Waals surface area contributed by atoms with Gasteiger partial charge in [-0.2, -0.15) is 0 Å². The summed E-state index contributed by atoms with van der Waals surface area (Å²) in [6, 6.07) is 6.21. The van der Waals surface area contributed by atoms with Gasteiger partial charge in [0.1, 0.15) is 0 Å². The number of hydrogen-bond donors (Lipinski definition) is 0. The number of ketones is 1. The van der Waals surface area contributed by atoms with Gasteiger partial charge in [0.2, 0.25) is 0 Å². The van der Waals surface area contributed by atoms with Gasteiger partial charge in [-0.1, -0.05) is 33.1 Å². The molecule has 1 heterocycles. The van der Waals surface area contributed by atoms with Crippen molar-refractivity contribution in [2.24, 2.45) is 5.92 Å². The van der Waals surface area contributed by atoms with Gasteiger partial charge in [-0.15, -0.1) is 0 Å². The van der Waals surface area contributed by atoms with Crippen LogP contribution in [0.4, 0.5) is 5.69 Å². The van der Waals surface area contributed by atoms with Crippen molar-refractivity contribution in [1.82, 2.24) is 0 Å². The first-order valence-electron chi connectivity index (χ1n) is 8.04. The smallest absolute Gasteiger partial charge is 0.159 e. The number of benzene rings is 1. The average molecular weight is 273 g/mol. The molecule has 0 amide bonds. The van der Waals surface area contributed by atoms with Crippen molar-refractivity contribution in [3.05, 3.63) is 29.3 Å². The Morgan fingerprint density at radius 1 is 1.35 bits per heavy atom. The van der Waals surface area contributed by atoms with Crippen molar-refractivity contribution in [1.29, 1.82) is 0 Å². The van der Waals surface area contributed by atoms with Gasteiger partial charge < -0.3 is 4.90 Å². The van der Waals surface area contributed by atoms with E-state index in [0.717, 1.165) is 24.4 Å². The molecule has 0 fully saturated rings. The Balaban J connectivity index is 2.05. The van der Waals surface area contributed by atoms with Crippen molar-refractivity contribution in [2.45, 2.75) is 52.9 Å². The second-order valence-corrected chi connectivity index (χ2v) is 6.01. The van der Waals surface area contributed by atoms with Crippen LogP contribution in [0.3, 0.4) is 0 Å². The topological polar surface area (TPSA) is 20.3 Å². The van der Waals surface area contributed by atoms with E-state index >= 15 is 0 Å². The molecule has 20 heavy (non-hydrogen) atoms. The summed E-state index contributed by atoms with van der Waals surface area (Å²) >= 11 is 0. The summed E-state index contributed by atoms with van der Waals surface area (Å²) < 4.78 is 0. The zero-order valence-corrected chi connectivity index (χ0v) is 13.1. The van der Waals surface area contributed by atoms with E-state index in [1.165, 1.54) is 43.5 Å². The molecule has 2 nitrogen and oxygen atoms in total. The van der Waals surface area contributed by atoms with Crippen molar-refractivity contribution < 1.29 is 4.79 Å². The standard InChI is InChI=1S/C18H27NO/c1-4-6-7-15(5-2)13-19-11-10-17-12-16(14(3)20)8-9-18(17)19/h8-9,12,15H,4-7,10-11,13H2,1-3H3. The largest absolute Gasteiger partial charge is 0.371 e. The Morgan fingerprint density at radius 3 is 2.80 bits per heavy atom. The maximum Gasteiger partial charge on any atom is 0.159 e. The molecular formula is C18H27NO. The highest BCUT2D eigenvalue weighted by molar-refractivity contribution is 5.94. The molecule has 1 unspecified atom stereocenters. The van der Waals surface area contributed by atoms with Gasteiger partial charge in [0.05, 0.1) is 0 Å². The van der Waals surface area contributed by atoms with E-state index in [9.17, 15) is 4.79 Å². The van der Waals surface area contributed by atoms with E-state index in [2.05, 4.69) is 30.9 Å². The quantitative estimate of drug-likeness (QED) is 0.683. The minimum absolute atomic E-state index is 0.167. The Hall–Kier alpha value is -1.31. The third kappa shape index (κ3) is 3.41. The van der Waals surface area contributed by atoms with Crippen LogP contribution in [-0.2, 0) is 6.42 Å². The second kappa shape index (κ2) is 6.92. The van der Waals surface area contributed by atoms with Crippen LogP contribution in [0.2, 0.25) is 0 Å². The van der Waals surface area contributed by atoms with Crippen LogP contribution in [-0.4, -0.2) is 18.9 Å². The molecular weight excluding hydrogens is 246 g/mol. The molecule has 2 rings (SSSR count). The minimum Gasteiger partial charge on any atom is -0.371 e. The number of fused-ring (bicyclic) bond motifs is 1. The fourth-order valence-corrected chi connectivity index (χ4v) is 3.11. The zero-order valence-electron chi connectivity index (χ0n) is 13.1. The van der Waals surface area contributed by atoms with Crippen LogP contribution < -0.4 is 4.90 Å². The number of Topliss-reactive ketones (excluding diaryl/α,β-unsaturated/α-hetero) is 1. The van der Waals surface area contributed by atoms with E-state index in [1.807, 2.05) is 6.07 Å². The lowest BCUT2D eigenvalue weighted by Crippen LogP contribution is -2.27. The number of anilines is 1. The molecule has 0 radical (unpaired) electrons. The summed E-state index contributed by atoms with van der Waals surface area (Å²) in [5.41, 5.74) is 3.55. The summed E-state index contributed by atoms with van der Waals surface area (Å²) in [6.45, 7) is 8.49. The number of unbranched alkanes of at least 4 members (excludes halogenated alkanes) is 1. The Labute approximate surface area is 123 Å². The predicted octanol–water partition coefficient (Wildman–Crippen LogP) is 4.47. The maximum absolute atomic E-state index is 11.5. The summed E-state index contributed by atoms with van der Waals surface area (Å²) in [4.78, 5) is 14.0. The van der Waals surface area contributed by atoms with Gasteiger partial charge in [-0.25, -0.2) is 0 Å². The fraction of sp³-hybridized carbons (Fsp3) is 0.611. The van der Waals surface area contributed by atoms with Gasteiger partial charge in [-0.3, -0.25) is 4.79 Å². The van der Waals surface area contributed by atoms with Crippen LogP contribution in [0, 0.1) is 5.92 Å². The normalized spacial score (nSPS) is 15.2. The van der Waals surface area contributed by atoms with Gasteiger partial charge in [0, 0.05) is 24.3 Å². The fourth-order valence-electron chi connectivity index (χ4n) is 3.11. The van der Waals surface area contributed by atoms with Crippen molar-refractivity contribution >= 4 is 11.5 Å². The van der Waals surface area contributed by atoms with Crippen LogP contribution in [0.15, 0.2) is 18.2 Å². The monoisotopic (exact) mass is 273 g/mol. The van der Waals surface area contributed by atoms with Gasteiger partial charge in [0.25, 0.3) is 0 Å². The highest BCUT2D eigenvalue weighted by Gasteiger charge is 2.22. The van der Waals surface area contributed by atoms with E-state index in [-0.39, 0.29) is 5.78 Å². The first-order chi connectivity index (χ1) is 9.65. The molecule has 0 bridgehead atoms. The van der Waals surface area contributed by atoms with Crippen molar-refractivity contribution in [3.63, 3.8) is 0 Å². The number of rotatable bonds is 7. The molecule has 1 aromatic carbocycles. The van der Waals surface area contributed by atoms with E-state index in [4.69, 9.17) is 0 Å². The highest BCUT2D eigenvalue weighted by Crippen LogP contribution is 2.30. The molecule has 0 aliphatic carbocycles. The van der Waals surface area contributed by atoms with Crippen LogP contribution in [0.25, 0.3) is 0 Å². The van der Waals surface area contributed by atoms with Crippen molar-refractivity contribution in [2.75, 3.05) is 18.0 Å². The van der Waals surface area contributed by atoms with E-state index in [0.29, 0.717) is 0 Å². The minimum atomic E-state index is 0.167. The molecule has 0 saturated carbocycles. The molecule has 1 aliphatic heterocycles. The summed E-state index contributed by atoms with van der Waals surface area (Å²) in [5, 5.41) is 0. The predicted molar refractivity (Wildman–Crippen MR) is 85.7 cm³/mol. The summed E-state index contributed by atoms with van der Waals surface area (Å²) in [5.74, 6) is 0.967. The first kappa shape index (κ1) is 15.1. The highest BCUT2D eigenvalue weighted by atomic mass is 16.1. The van der Waals surface area contributed by atoms with Gasteiger partial charge >= 0.3 is 0 Å². The Morgan fingerprint density at radius 2 is 2.15 bits per heavy atom. The molecule has 110 valence electrons. The number of nitrogens with zero attached hydrogens (tertiary/aromatic N) is 1. The molecule has 2 heteroatoms. The third-order valence-corrected chi connectivity index (χ3v) is 4.50. The molecule has 0 spiro atoms. The van der Waals surface area contributed by atoms with Gasteiger partial charge in [-0.05, 0) is 49.4 Å². The van der Waals surface area contributed by atoms with Crippen molar-refractivity contribution in [3.8, 4) is 0 Å². The number of carbonyl (C=O) groups is 1. The third-order valence-electron chi connectivity index (χ3n) is 4.50. The molecule has 1 aliphatic rings. The zero-order chi connectivity index (χ0) is 14.5. The lowest BCUT2D eigenvalue weighted by Gasteiger charge is -2.25. The van der Waals surface area contributed by atoms with E-state index in [1.54, 1.807) is 6.92 Å². The number of carbonyl (C=O) groups excluding carboxylic acids is 1. The average Bonchev–Trinajstić information content (AvgIpc) is 2.85. The first-order valence-corrected chi connectivity index (χ1v) is 8.04. The second-order valence-electron chi connectivity index (χ2n) is 6.01. The number of hydrogen-bond acceptors (Lipinski definition) is 2. The van der Waals surface area contributed by atoms with Crippen LogP contribution in [0.5, 0.6) is 0 Å². The molecule has 0 saturated heterocycles. The summed E-state index contributed by atoms with van der Waals surface area (Å²) in [7, 11) is 0. The molecule has 1 aromatic rings. The molecule has 1 atom stereocenters. The Kier molecular flexibility index (Phi) is 5.22. The molecule has 0 N–H and O–H groups in total. The van der Waals surface area contributed by atoms with Gasteiger partial charge in [0.15, 0.2) is 5.78 Å². The Bertz CT molecular complexity index is 466. The lowest BCUT2D eigenvalue weighted by molar-refractivity contribution is 0.101. The van der Waals surface area contributed by atoms with Crippen LogP contribution >= 0.6 is 0 Å². The molecule has 0 aromatic heterocycles.